The molecular formula is C19H19FN2O2. The molecule has 0 bridgehead atoms. The zero-order valence-corrected chi connectivity index (χ0v) is 13.6. The summed E-state index contributed by atoms with van der Waals surface area (Å²) < 4.78 is 13.4. The zero-order chi connectivity index (χ0) is 17.3. The van der Waals surface area contributed by atoms with Gasteiger partial charge in [0.25, 0.3) is 0 Å². The van der Waals surface area contributed by atoms with Crippen LogP contribution >= 0.6 is 0 Å². The van der Waals surface area contributed by atoms with E-state index in [-0.39, 0.29) is 18.2 Å². The van der Waals surface area contributed by atoms with Gasteiger partial charge in [0.2, 0.25) is 11.8 Å². The van der Waals surface area contributed by atoms with Crippen LogP contribution in [0, 0.1) is 5.82 Å². The summed E-state index contributed by atoms with van der Waals surface area (Å²) in [5.74, 6) is -1.27. The zero-order valence-electron chi connectivity index (χ0n) is 13.6. The standard InChI is InChI=1S/C19H19FN2O2/c1-11(2)12-4-3-5-14(8-12)21-19(24)16-10-18(23)22-17-9-13(20)6-7-15(16)17/h3-9,11,16H,10H2,1-2H3,(H,21,24)(H,22,23). The molecule has 1 aliphatic rings. The summed E-state index contributed by atoms with van der Waals surface area (Å²) in [6.45, 7) is 4.16. The van der Waals surface area contributed by atoms with Crippen molar-refractivity contribution < 1.29 is 14.0 Å². The quantitative estimate of drug-likeness (QED) is 0.895. The smallest absolute Gasteiger partial charge is 0.232 e. The number of carbonyl (C=O) groups excluding carboxylic acids is 2. The summed E-state index contributed by atoms with van der Waals surface area (Å²) in [5, 5.41) is 5.48. The number of rotatable bonds is 3. The molecule has 1 heterocycles. The summed E-state index contributed by atoms with van der Waals surface area (Å²) in [6, 6.07) is 11.7. The van der Waals surface area contributed by atoms with Crippen LogP contribution in [0.1, 0.15) is 43.2 Å². The highest BCUT2D eigenvalue weighted by Gasteiger charge is 2.31. The maximum absolute atomic E-state index is 13.4. The fraction of sp³-hybridized carbons (Fsp3) is 0.263. The van der Waals surface area contributed by atoms with E-state index in [4.69, 9.17) is 0 Å². The van der Waals surface area contributed by atoms with Crippen LogP contribution in [0.5, 0.6) is 0 Å². The minimum atomic E-state index is -0.628. The van der Waals surface area contributed by atoms with Gasteiger partial charge in [-0.15, -0.1) is 0 Å². The second-order valence-corrected chi connectivity index (χ2v) is 6.31. The first-order valence-electron chi connectivity index (χ1n) is 7.94. The molecule has 5 heteroatoms. The Balaban J connectivity index is 1.86. The number of benzene rings is 2. The molecule has 0 fully saturated rings. The van der Waals surface area contributed by atoms with E-state index in [1.54, 1.807) is 6.07 Å². The second kappa shape index (κ2) is 6.43. The van der Waals surface area contributed by atoms with Crippen molar-refractivity contribution in [1.82, 2.24) is 0 Å². The Kier molecular flexibility index (Phi) is 4.34. The molecule has 0 spiro atoms. The maximum atomic E-state index is 13.4. The van der Waals surface area contributed by atoms with Gasteiger partial charge in [0.05, 0.1) is 5.92 Å². The van der Waals surface area contributed by atoms with Gasteiger partial charge >= 0.3 is 0 Å². The number of nitrogens with one attached hydrogen (secondary N) is 2. The highest BCUT2D eigenvalue weighted by molar-refractivity contribution is 6.05. The second-order valence-electron chi connectivity index (χ2n) is 6.31. The van der Waals surface area contributed by atoms with E-state index in [0.29, 0.717) is 22.9 Å². The highest BCUT2D eigenvalue weighted by atomic mass is 19.1. The summed E-state index contributed by atoms with van der Waals surface area (Å²) in [4.78, 5) is 24.5. The molecule has 1 unspecified atom stereocenters. The van der Waals surface area contributed by atoms with Gasteiger partial charge in [0, 0.05) is 17.8 Å². The van der Waals surface area contributed by atoms with E-state index in [0.717, 1.165) is 5.56 Å². The topological polar surface area (TPSA) is 58.2 Å². The summed E-state index contributed by atoms with van der Waals surface area (Å²) in [7, 11) is 0. The van der Waals surface area contributed by atoms with Crippen molar-refractivity contribution in [2.24, 2.45) is 0 Å². The molecule has 0 aliphatic carbocycles. The molecular weight excluding hydrogens is 307 g/mol. The average Bonchev–Trinajstić information content (AvgIpc) is 2.53. The lowest BCUT2D eigenvalue weighted by Crippen LogP contribution is -2.30. The van der Waals surface area contributed by atoms with Gasteiger partial charge in [0.15, 0.2) is 0 Å². The highest BCUT2D eigenvalue weighted by Crippen LogP contribution is 2.33. The maximum Gasteiger partial charge on any atom is 0.232 e. The molecule has 0 saturated heterocycles. The van der Waals surface area contributed by atoms with Gasteiger partial charge in [-0.1, -0.05) is 32.0 Å². The number of fused-ring (bicyclic) bond motifs is 1. The van der Waals surface area contributed by atoms with E-state index >= 15 is 0 Å². The van der Waals surface area contributed by atoms with Crippen molar-refractivity contribution in [3.63, 3.8) is 0 Å². The van der Waals surface area contributed by atoms with Crippen molar-refractivity contribution in [2.45, 2.75) is 32.1 Å². The van der Waals surface area contributed by atoms with Crippen LogP contribution in [-0.4, -0.2) is 11.8 Å². The molecule has 2 amide bonds. The number of halogens is 1. The third kappa shape index (κ3) is 3.30. The molecule has 124 valence electrons. The summed E-state index contributed by atoms with van der Waals surface area (Å²) >= 11 is 0. The molecule has 2 aromatic carbocycles. The molecule has 4 nitrogen and oxygen atoms in total. The molecule has 24 heavy (non-hydrogen) atoms. The van der Waals surface area contributed by atoms with E-state index < -0.39 is 11.7 Å². The van der Waals surface area contributed by atoms with Crippen molar-refractivity contribution in [1.29, 1.82) is 0 Å². The van der Waals surface area contributed by atoms with Crippen molar-refractivity contribution in [3.05, 3.63) is 59.4 Å². The van der Waals surface area contributed by atoms with Crippen molar-refractivity contribution >= 4 is 23.2 Å². The monoisotopic (exact) mass is 326 g/mol. The Hall–Kier alpha value is -2.69. The molecule has 0 aromatic heterocycles. The molecule has 1 aliphatic heterocycles. The fourth-order valence-corrected chi connectivity index (χ4v) is 2.88. The number of hydrogen-bond acceptors (Lipinski definition) is 2. The van der Waals surface area contributed by atoms with Gasteiger partial charge in [-0.05, 0) is 41.3 Å². The Bertz CT molecular complexity index is 802. The van der Waals surface area contributed by atoms with Gasteiger partial charge < -0.3 is 10.6 Å². The van der Waals surface area contributed by atoms with Crippen molar-refractivity contribution in [2.75, 3.05) is 10.6 Å². The Morgan fingerprint density at radius 1 is 1.25 bits per heavy atom. The Morgan fingerprint density at radius 3 is 2.79 bits per heavy atom. The summed E-state index contributed by atoms with van der Waals surface area (Å²) in [6.07, 6.45) is 0.0499. The predicted molar refractivity (Wildman–Crippen MR) is 91.5 cm³/mol. The van der Waals surface area contributed by atoms with Crippen LogP contribution in [0.3, 0.4) is 0 Å². The van der Waals surface area contributed by atoms with Crippen LogP contribution < -0.4 is 10.6 Å². The molecule has 0 radical (unpaired) electrons. The van der Waals surface area contributed by atoms with E-state index in [9.17, 15) is 14.0 Å². The predicted octanol–water partition coefficient (Wildman–Crippen LogP) is 4.01. The Morgan fingerprint density at radius 2 is 2.04 bits per heavy atom. The lowest BCUT2D eigenvalue weighted by atomic mass is 9.89. The van der Waals surface area contributed by atoms with Gasteiger partial charge in [-0.2, -0.15) is 0 Å². The lowest BCUT2D eigenvalue weighted by molar-refractivity contribution is -0.123. The number of hydrogen-bond donors (Lipinski definition) is 2. The largest absolute Gasteiger partial charge is 0.326 e. The fourth-order valence-electron chi connectivity index (χ4n) is 2.88. The van der Waals surface area contributed by atoms with Crippen LogP contribution in [0.15, 0.2) is 42.5 Å². The van der Waals surface area contributed by atoms with Gasteiger partial charge in [0.1, 0.15) is 5.82 Å². The normalized spacial score (nSPS) is 16.5. The van der Waals surface area contributed by atoms with Crippen LogP contribution in [0.2, 0.25) is 0 Å². The third-order valence-electron chi connectivity index (χ3n) is 4.19. The molecule has 0 saturated carbocycles. The van der Waals surface area contributed by atoms with Crippen molar-refractivity contribution in [3.8, 4) is 0 Å². The van der Waals surface area contributed by atoms with Crippen LogP contribution in [-0.2, 0) is 9.59 Å². The Labute approximate surface area is 140 Å². The number of anilines is 2. The van der Waals surface area contributed by atoms with E-state index in [2.05, 4.69) is 24.5 Å². The minimum absolute atomic E-state index is 0.0499. The first-order valence-corrected chi connectivity index (χ1v) is 7.94. The molecule has 2 aromatic rings. The van der Waals surface area contributed by atoms with Crippen LogP contribution in [0.25, 0.3) is 0 Å². The minimum Gasteiger partial charge on any atom is -0.326 e. The summed E-state index contributed by atoms with van der Waals surface area (Å²) in [5.41, 5.74) is 2.81. The van der Waals surface area contributed by atoms with Gasteiger partial charge in [-0.25, -0.2) is 4.39 Å². The molecule has 3 rings (SSSR count). The molecule has 2 N–H and O–H groups in total. The molecule has 1 atom stereocenters. The first kappa shape index (κ1) is 16.2. The average molecular weight is 326 g/mol. The lowest BCUT2D eigenvalue weighted by Gasteiger charge is -2.25. The van der Waals surface area contributed by atoms with Gasteiger partial charge in [-0.3, -0.25) is 9.59 Å². The number of amides is 2. The SMILES string of the molecule is CC(C)c1cccc(NC(=O)C2CC(=O)Nc3cc(F)ccc32)c1. The first-order chi connectivity index (χ1) is 11.4. The van der Waals surface area contributed by atoms with E-state index in [1.165, 1.54) is 12.1 Å². The third-order valence-corrected chi connectivity index (χ3v) is 4.19. The van der Waals surface area contributed by atoms with Crippen LogP contribution in [0.4, 0.5) is 15.8 Å². The van der Waals surface area contributed by atoms with E-state index in [1.807, 2.05) is 24.3 Å². The number of carbonyl (C=O) groups is 2.